The zero-order valence-corrected chi connectivity index (χ0v) is 22.6. The van der Waals surface area contributed by atoms with E-state index in [0.29, 0.717) is 68.6 Å². The Morgan fingerprint density at radius 1 is 0.947 bits per heavy atom. The third kappa shape index (κ3) is 10.5. The maximum atomic E-state index is 11.0. The summed E-state index contributed by atoms with van der Waals surface area (Å²) in [4.78, 5) is 39.6. The fourth-order valence-electron chi connectivity index (χ4n) is 3.32. The van der Waals surface area contributed by atoms with Gasteiger partial charge in [-0.05, 0) is 63.2 Å². The van der Waals surface area contributed by atoms with Crippen LogP contribution in [0.5, 0.6) is 0 Å². The number of pyridine rings is 2. The van der Waals surface area contributed by atoms with Crippen LogP contribution in [0.3, 0.4) is 0 Å². The van der Waals surface area contributed by atoms with Crippen molar-refractivity contribution in [1.29, 1.82) is 0 Å². The third-order valence-corrected chi connectivity index (χ3v) is 5.38. The van der Waals surface area contributed by atoms with Gasteiger partial charge >= 0.3 is 0 Å². The van der Waals surface area contributed by atoms with Crippen molar-refractivity contribution >= 4 is 35.7 Å². The summed E-state index contributed by atoms with van der Waals surface area (Å²) in [5.41, 5.74) is 10.1. The van der Waals surface area contributed by atoms with Gasteiger partial charge in [0.05, 0.1) is 31.5 Å². The summed E-state index contributed by atoms with van der Waals surface area (Å²) < 4.78 is 0. The maximum Gasteiger partial charge on any atom is 0.138 e. The van der Waals surface area contributed by atoms with Crippen molar-refractivity contribution in [2.75, 3.05) is 51.5 Å². The van der Waals surface area contributed by atoms with Crippen molar-refractivity contribution in [1.82, 2.24) is 14.9 Å². The molecule has 202 valence electrons. The Labute approximate surface area is 224 Å². The van der Waals surface area contributed by atoms with Crippen LogP contribution in [-0.2, 0) is 0 Å². The molecule has 0 amide bonds. The number of nitrogen functional groups attached to an aromatic ring is 1. The largest absolute Gasteiger partial charge is 0.506 e. The minimum absolute atomic E-state index is 0.106. The predicted molar refractivity (Wildman–Crippen MR) is 157 cm³/mol. The molecule has 0 spiro atoms. The first-order valence-electron chi connectivity index (χ1n) is 12.5. The van der Waals surface area contributed by atoms with Crippen molar-refractivity contribution < 1.29 is 5.11 Å². The average Bonchev–Trinajstić information content (AvgIpc) is 2.91. The Morgan fingerprint density at radius 3 is 2.13 bits per heavy atom. The second-order valence-electron chi connectivity index (χ2n) is 8.36. The topological polar surface area (TPSA) is 154 Å². The van der Waals surface area contributed by atoms with Gasteiger partial charge in [-0.3, -0.25) is 24.9 Å². The number of aliphatic hydroxyl groups excluding tert-OH is 1. The van der Waals surface area contributed by atoms with E-state index < -0.39 is 0 Å². The number of anilines is 1. The van der Waals surface area contributed by atoms with Crippen LogP contribution in [0.25, 0.3) is 0 Å². The molecule has 0 aliphatic carbocycles. The molecule has 0 fully saturated rings. The Kier molecular flexibility index (Phi) is 13.1. The highest BCUT2D eigenvalue weighted by Gasteiger charge is 2.06. The van der Waals surface area contributed by atoms with Gasteiger partial charge in [0.15, 0.2) is 0 Å². The fourth-order valence-corrected chi connectivity index (χ4v) is 3.32. The molecular weight excluding hydrogens is 482 g/mol. The number of nitrogens with two attached hydrogens (primary N) is 1. The second kappa shape index (κ2) is 16.6. The molecule has 0 saturated heterocycles. The Hall–Kier alpha value is -4.12. The lowest BCUT2D eigenvalue weighted by atomic mass is 10.3. The minimum atomic E-state index is 0.106. The molecule has 38 heavy (non-hydrogen) atoms. The molecule has 11 heteroatoms. The molecule has 0 aliphatic rings. The van der Waals surface area contributed by atoms with Crippen LogP contribution in [0.2, 0.25) is 0 Å². The van der Waals surface area contributed by atoms with Crippen LogP contribution in [0.1, 0.15) is 36.6 Å². The third-order valence-electron chi connectivity index (χ3n) is 5.38. The molecule has 0 bridgehead atoms. The van der Waals surface area contributed by atoms with Crippen molar-refractivity contribution in [3.8, 4) is 0 Å². The van der Waals surface area contributed by atoms with Gasteiger partial charge in [0.2, 0.25) is 0 Å². The Balaban J connectivity index is 2.02. The van der Waals surface area contributed by atoms with E-state index in [1.165, 1.54) is 0 Å². The van der Waals surface area contributed by atoms with Gasteiger partial charge in [-0.1, -0.05) is 0 Å². The number of rotatable bonds is 15. The summed E-state index contributed by atoms with van der Waals surface area (Å²) in [7, 11) is 0. The number of aromatic nitrogens is 2. The first-order chi connectivity index (χ1) is 18.4. The molecule has 0 aromatic carbocycles. The summed E-state index contributed by atoms with van der Waals surface area (Å²) in [6, 6.07) is 7.06. The molecule has 2 rings (SSSR count). The Bertz CT molecular complexity index is 1200. The van der Waals surface area contributed by atoms with Gasteiger partial charge < -0.3 is 10.8 Å². The van der Waals surface area contributed by atoms with Crippen molar-refractivity contribution in [2.24, 2.45) is 25.1 Å². The monoisotopic (exact) mass is 519 g/mol. The fraction of sp³-hybridized carbons (Fsp3) is 0.407. The SMILES string of the molecule is C/C=C(/O)C(/C=N/CCN(CC/N=C/c1nc(C)ccc1N)CC/N=C/c1nc(C)ccc1N=O)=NCC. The van der Waals surface area contributed by atoms with E-state index >= 15 is 0 Å². The quantitative estimate of drug-likeness (QED) is 0.207. The number of hydrogen-bond acceptors (Lipinski definition) is 11. The molecule has 0 aliphatic heterocycles. The molecule has 0 unspecified atom stereocenters. The van der Waals surface area contributed by atoms with E-state index in [0.717, 1.165) is 11.4 Å². The summed E-state index contributed by atoms with van der Waals surface area (Å²) in [6.45, 7) is 11.5. The number of allylic oxidation sites excluding steroid dienone is 2. The van der Waals surface area contributed by atoms with Gasteiger partial charge in [-0.2, -0.15) is 0 Å². The van der Waals surface area contributed by atoms with Gasteiger partial charge in [-0.25, -0.2) is 9.97 Å². The highest BCUT2D eigenvalue weighted by Crippen LogP contribution is 2.15. The van der Waals surface area contributed by atoms with Gasteiger partial charge in [-0.15, -0.1) is 4.91 Å². The number of nitrogens with zero attached hydrogens (tertiary/aromatic N) is 8. The zero-order chi connectivity index (χ0) is 27.8. The molecule has 0 saturated carbocycles. The van der Waals surface area contributed by atoms with Crippen LogP contribution in [0.4, 0.5) is 11.4 Å². The summed E-state index contributed by atoms with van der Waals surface area (Å²) >= 11 is 0. The predicted octanol–water partition coefficient (Wildman–Crippen LogP) is 3.91. The van der Waals surface area contributed by atoms with Crippen LogP contribution >= 0.6 is 0 Å². The molecule has 11 nitrogen and oxygen atoms in total. The van der Waals surface area contributed by atoms with Crippen molar-refractivity contribution in [3.63, 3.8) is 0 Å². The molecule has 2 heterocycles. The van der Waals surface area contributed by atoms with Gasteiger partial charge in [0.25, 0.3) is 0 Å². The van der Waals surface area contributed by atoms with E-state index in [2.05, 4.69) is 40.0 Å². The molecule has 2 aromatic rings. The standard InChI is InChI=1S/C27H37N9O2/c1-5-27(37)26(32-6-2)19-31-13-16-36(14-11-29-17-24-22(28)9-7-20(3)33-24)15-12-30-18-25-23(35-38)10-8-21(4)34-25/h5,7-10,17-19,37H,6,11-16,28H2,1-4H3/b27-5+,29-17+,30-18+,31-19+,32-26?. The van der Waals surface area contributed by atoms with E-state index in [9.17, 15) is 10.0 Å². The number of hydrogen-bond donors (Lipinski definition) is 2. The Morgan fingerprint density at radius 2 is 1.53 bits per heavy atom. The second-order valence-corrected chi connectivity index (χ2v) is 8.36. The number of nitroso groups, excluding NO2 is 1. The first-order valence-corrected chi connectivity index (χ1v) is 12.5. The molecular formula is C27H37N9O2. The molecule has 2 aromatic heterocycles. The first kappa shape index (κ1) is 30.1. The smallest absolute Gasteiger partial charge is 0.138 e. The summed E-state index contributed by atoms with van der Waals surface area (Å²) in [6.07, 6.45) is 6.46. The number of aliphatic imine (C=N–C) groups is 4. The maximum absolute atomic E-state index is 11.0. The highest BCUT2D eigenvalue weighted by molar-refractivity contribution is 6.37. The summed E-state index contributed by atoms with van der Waals surface area (Å²) in [5.74, 6) is 0.106. The van der Waals surface area contributed by atoms with E-state index in [4.69, 9.17) is 5.73 Å². The number of aryl methyl sites for hydroxylation is 2. The molecule has 3 N–H and O–H groups in total. The lowest BCUT2D eigenvalue weighted by molar-refractivity contribution is 0.298. The zero-order valence-electron chi connectivity index (χ0n) is 22.6. The highest BCUT2D eigenvalue weighted by atomic mass is 16.3. The van der Waals surface area contributed by atoms with E-state index in [1.807, 2.05) is 32.9 Å². The van der Waals surface area contributed by atoms with Gasteiger partial charge in [0.1, 0.15) is 28.5 Å². The lowest BCUT2D eigenvalue weighted by Crippen LogP contribution is -2.31. The van der Waals surface area contributed by atoms with E-state index in [1.54, 1.807) is 43.8 Å². The van der Waals surface area contributed by atoms with Crippen LogP contribution in [0, 0.1) is 18.8 Å². The van der Waals surface area contributed by atoms with Gasteiger partial charge in [0, 0.05) is 50.0 Å². The number of aliphatic hydroxyl groups is 1. The van der Waals surface area contributed by atoms with E-state index in [-0.39, 0.29) is 11.4 Å². The summed E-state index contributed by atoms with van der Waals surface area (Å²) in [5, 5.41) is 13.0. The molecule has 0 radical (unpaired) electrons. The van der Waals surface area contributed by atoms with Crippen molar-refractivity contribution in [2.45, 2.75) is 27.7 Å². The van der Waals surface area contributed by atoms with Crippen molar-refractivity contribution in [3.05, 3.63) is 63.8 Å². The minimum Gasteiger partial charge on any atom is -0.506 e. The lowest BCUT2D eigenvalue weighted by Gasteiger charge is -2.19. The molecule has 0 atom stereocenters. The van der Waals surface area contributed by atoms with Crippen LogP contribution in [0.15, 0.2) is 61.2 Å². The normalized spacial score (nSPS) is 13.0. The van der Waals surface area contributed by atoms with Crippen LogP contribution < -0.4 is 5.73 Å². The van der Waals surface area contributed by atoms with Crippen LogP contribution in [-0.4, -0.2) is 90.1 Å². The average molecular weight is 520 g/mol.